The molecule has 0 atom stereocenters. The van der Waals surface area contributed by atoms with Gasteiger partial charge in [0.05, 0.1) is 6.20 Å². The lowest BCUT2D eigenvalue weighted by Gasteiger charge is -2.02. The fourth-order valence-electron chi connectivity index (χ4n) is 0.831. The van der Waals surface area contributed by atoms with Crippen LogP contribution in [0.15, 0.2) is 18.6 Å². The molecule has 2 amide bonds. The van der Waals surface area contributed by atoms with Gasteiger partial charge in [-0.2, -0.15) is 0 Å². The summed E-state index contributed by atoms with van der Waals surface area (Å²) in [5.74, 6) is 0.485. The molecule has 0 aliphatic heterocycles. The molecule has 0 unspecified atom stereocenters. The van der Waals surface area contributed by atoms with Crippen LogP contribution in [-0.2, 0) is 0 Å². The zero-order valence-corrected chi connectivity index (χ0v) is 7.38. The lowest BCUT2D eigenvalue weighted by molar-refractivity contribution is 0.262. The number of hydrogen-bond donors (Lipinski definition) is 3. The van der Waals surface area contributed by atoms with Crippen molar-refractivity contribution in [1.82, 2.24) is 30.6 Å². The van der Waals surface area contributed by atoms with Gasteiger partial charge >= 0.3 is 6.03 Å². The molecular formula is C6H6N8O. The highest BCUT2D eigenvalue weighted by molar-refractivity contribution is 5.97. The van der Waals surface area contributed by atoms with Crippen molar-refractivity contribution >= 4 is 17.8 Å². The van der Waals surface area contributed by atoms with Gasteiger partial charge in [0.1, 0.15) is 0 Å². The van der Waals surface area contributed by atoms with Crippen LogP contribution in [0.2, 0.25) is 0 Å². The summed E-state index contributed by atoms with van der Waals surface area (Å²) in [6.45, 7) is 0. The van der Waals surface area contributed by atoms with E-state index in [9.17, 15) is 4.79 Å². The van der Waals surface area contributed by atoms with Crippen molar-refractivity contribution in [3.63, 3.8) is 0 Å². The Morgan fingerprint density at radius 1 is 1.33 bits per heavy atom. The van der Waals surface area contributed by atoms with Gasteiger partial charge in [0.2, 0.25) is 5.95 Å². The lowest BCUT2D eigenvalue weighted by Crippen LogP contribution is -2.20. The molecule has 2 heterocycles. The number of aromatic nitrogens is 6. The molecule has 76 valence electrons. The highest BCUT2D eigenvalue weighted by Crippen LogP contribution is 1.98. The Kier molecular flexibility index (Phi) is 2.45. The van der Waals surface area contributed by atoms with Crippen LogP contribution in [0.25, 0.3) is 0 Å². The molecule has 0 fully saturated rings. The van der Waals surface area contributed by atoms with Crippen molar-refractivity contribution < 1.29 is 4.79 Å². The van der Waals surface area contributed by atoms with E-state index in [1.165, 1.54) is 18.6 Å². The number of carbonyl (C=O) groups excluding carboxylic acids is 1. The number of amides is 2. The number of nitrogens with zero attached hydrogens (tertiary/aromatic N) is 5. The molecular weight excluding hydrogens is 200 g/mol. The van der Waals surface area contributed by atoms with Crippen LogP contribution in [0.5, 0.6) is 0 Å². The summed E-state index contributed by atoms with van der Waals surface area (Å²) in [7, 11) is 0. The normalized spacial score (nSPS) is 9.60. The topological polar surface area (TPSA) is 121 Å². The third-order valence-corrected chi connectivity index (χ3v) is 1.38. The largest absolute Gasteiger partial charge is 0.327 e. The van der Waals surface area contributed by atoms with Crippen LogP contribution in [0.4, 0.5) is 16.6 Å². The maximum Gasteiger partial charge on any atom is 0.327 e. The average molecular weight is 206 g/mol. The smallest absolute Gasteiger partial charge is 0.291 e. The van der Waals surface area contributed by atoms with Crippen molar-refractivity contribution in [2.24, 2.45) is 0 Å². The number of hydrogen-bond acceptors (Lipinski definition) is 6. The van der Waals surface area contributed by atoms with Crippen LogP contribution in [0.1, 0.15) is 0 Å². The first kappa shape index (κ1) is 8.99. The molecule has 0 spiro atoms. The summed E-state index contributed by atoms with van der Waals surface area (Å²) in [5, 5.41) is 17.2. The first-order valence-electron chi connectivity index (χ1n) is 3.92. The SMILES string of the molecule is O=C(Nc1cnccn1)Nc1nnn[nH]1. The van der Waals surface area contributed by atoms with Crippen molar-refractivity contribution in [3.8, 4) is 0 Å². The number of nitrogens with one attached hydrogen (secondary N) is 3. The third kappa shape index (κ3) is 2.43. The van der Waals surface area contributed by atoms with Gasteiger partial charge < -0.3 is 0 Å². The predicted molar refractivity (Wildman–Crippen MR) is 48.9 cm³/mol. The van der Waals surface area contributed by atoms with Crippen LogP contribution in [0.3, 0.4) is 0 Å². The van der Waals surface area contributed by atoms with Crippen LogP contribution < -0.4 is 10.6 Å². The first-order valence-corrected chi connectivity index (χ1v) is 3.92. The Morgan fingerprint density at radius 3 is 2.93 bits per heavy atom. The Balaban J connectivity index is 1.94. The highest BCUT2D eigenvalue weighted by atomic mass is 16.2. The molecule has 0 saturated heterocycles. The molecule has 0 bridgehead atoms. The molecule has 0 aliphatic carbocycles. The van der Waals surface area contributed by atoms with Gasteiger partial charge in [-0.3, -0.25) is 15.6 Å². The monoisotopic (exact) mass is 206 g/mol. The van der Waals surface area contributed by atoms with E-state index in [0.717, 1.165) is 0 Å². The van der Waals surface area contributed by atoms with Crippen molar-refractivity contribution in [2.45, 2.75) is 0 Å². The third-order valence-electron chi connectivity index (χ3n) is 1.38. The van der Waals surface area contributed by atoms with Crippen LogP contribution in [-0.4, -0.2) is 36.6 Å². The predicted octanol–water partition coefficient (Wildman–Crippen LogP) is -0.366. The Hall–Kier alpha value is -2.58. The van der Waals surface area contributed by atoms with Gasteiger partial charge in [0.15, 0.2) is 5.82 Å². The molecule has 2 rings (SSSR count). The quantitative estimate of drug-likeness (QED) is 0.616. The van der Waals surface area contributed by atoms with E-state index < -0.39 is 6.03 Å². The molecule has 2 aromatic heterocycles. The number of tetrazole rings is 1. The van der Waals surface area contributed by atoms with Crippen molar-refractivity contribution in [1.29, 1.82) is 0 Å². The van der Waals surface area contributed by atoms with Crippen molar-refractivity contribution in [3.05, 3.63) is 18.6 Å². The van der Waals surface area contributed by atoms with Gasteiger partial charge in [0, 0.05) is 12.4 Å². The average Bonchev–Trinajstić information content (AvgIpc) is 2.71. The Morgan fingerprint density at radius 2 is 2.27 bits per heavy atom. The molecule has 0 radical (unpaired) electrons. The van der Waals surface area contributed by atoms with Crippen LogP contribution in [0, 0.1) is 0 Å². The van der Waals surface area contributed by atoms with Gasteiger partial charge in [-0.15, -0.1) is 0 Å². The van der Waals surface area contributed by atoms with E-state index >= 15 is 0 Å². The van der Waals surface area contributed by atoms with Crippen molar-refractivity contribution in [2.75, 3.05) is 10.6 Å². The number of urea groups is 1. The highest BCUT2D eigenvalue weighted by Gasteiger charge is 2.04. The molecule has 0 saturated carbocycles. The molecule has 0 aliphatic rings. The molecule has 3 N–H and O–H groups in total. The zero-order valence-electron chi connectivity index (χ0n) is 7.38. The molecule has 9 nitrogen and oxygen atoms in total. The molecule has 15 heavy (non-hydrogen) atoms. The van der Waals surface area contributed by atoms with E-state index in [1.54, 1.807) is 0 Å². The van der Waals surface area contributed by atoms with E-state index in [1.807, 2.05) is 0 Å². The van der Waals surface area contributed by atoms with Crippen LogP contribution >= 0.6 is 0 Å². The minimum atomic E-state index is -0.506. The van der Waals surface area contributed by atoms with E-state index in [2.05, 4.69) is 41.2 Å². The zero-order chi connectivity index (χ0) is 10.5. The van der Waals surface area contributed by atoms with Gasteiger partial charge in [-0.1, -0.05) is 5.10 Å². The summed E-state index contributed by atoms with van der Waals surface area (Å²) >= 11 is 0. The summed E-state index contributed by atoms with van der Waals surface area (Å²) in [6, 6.07) is -0.506. The summed E-state index contributed by atoms with van der Waals surface area (Å²) < 4.78 is 0. The maximum atomic E-state index is 11.3. The number of aromatic amines is 1. The van der Waals surface area contributed by atoms with Gasteiger partial charge in [-0.05, 0) is 10.4 Å². The summed E-state index contributed by atoms with van der Waals surface area (Å²) in [5.41, 5.74) is 0. The maximum absolute atomic E-state index is 11.3. The van der Waals surface area contributed by atoms with E-state index in [4.69, 9.17) is 0 Å². The summed E-state index contributed by atoms with van der Waals surface area (Å²) in [6.07, 6.45) is 4.38. The molecule has 2 aromatic rings. The second-order valence-electron chi connectivity index (χ2n) is 2.42. The number of rotatable bonds is 2. The summed E-state index contributed by atoms with van der Waals surface area (Å²) in [4.78, 5) is 18.9. The number of anilines is 2. The Labute approximate surface area is 83.3 Å². The standard InChI is InChI=1S/C6H6N8O/c15-6(10-5-11-13-14-12-5)9-4-3-7-1-2-8-4/h1-3H,(H3,8,9,10,11,12,13,14,15). The molecule has 9 heteroatoms. The second kappa shape index (κ2) is 4.09. The second-order valence-corrected chi connectivity index (χ2v) is 2.42. The van der Waals surface area contributed by atoms with E-state index in [0.29, 0.717) is 5.82 Å². The minimum Gasteiger partial charge on any atom is -0.291 e. The Bertz CT molecular complexity index is 426. The first-order chi connectivity index (χ1) is 7.34. The fraction of sp³-hybridized carbons (Fsp3) is 0. The fourth-order valence-corrected chi connectivity index (χ4v) is 0.831. The van der Waals surface area contributed by atoms with E-state index in [-0.39, 0.29) is 5.95 Å². The molecule has 0 aromatic carbocycles. The number of carbonyl (C=O) groups is 1. The van der Waals surface area contributed by atoms with Gasteiger partial charge in [-0.25, -0.2) is 14.9 Å². The van der Waals surface area contributed by atoms with Gasteiger partial charge in [0.25, 0.3) is 0 Å². The lowest BCUT2D eigenvalue weighted by atomic mass is 10.6. The number of H-pyrrole nitrogens is 1. The minimum absolute atomic E-state index is 0.149.